The summed E-state index contributed by atoms with van der Waals surface area (Å²) in [5.74, 6) is 0.420. The number of nitrogens with zero attached hydrogens (tertiary/aromatic N) is 1. The van der Waals surface area contributed by atoms with Gasteiger partial charge in [0.2, 0.25) is 0 Å². The number of hydrogen-bond donors (Lipinski definition) is 1. The predicted molar refractivity (Wildman–Crippen MR) is 67.5 cm³/mol. The Bertz CT molecular complexity index is 408. The first-order chi connectivity index (χ1) is 8.31. The Labute approximate surface area is 102 Å². The second-order valence-corrected chi connectivity index (χ2v) is 4.51. The van der Waals surface area contributed by atoms with Gasteiger partial charge in [0.1, 0.15) is 0 Å². The SMILES string of the molecule is COc1cccn(CCC2CCCCN2)c1=O. The van der Waals surface area contributed by atoms with E-state index in [2.05, 4.69) is 5.32 Å². The third-order valence-corrected chi connectivity index (χ3v) is 3.34. The maximum absolute atomic E-state index is 11.9. The van der Waals surface area contributed by atoms with E-state index in [0.717, 1.165) is 19.5 Å². The second kappa shape index (κ2) is 5.87. The largest absolute Gasteiger partial charge is 0.491 e. The van der Waals surface area contributed by atoms with Crippen LogP contribution < -0.4 is 15.6 Å². The van der Waals surface area contributed by atoms with Gasteiger partial charge in [-0.25, -0.2) is 0 Å². The van der Waals surface area contributed by atoms with E-state index in [1.54, 1.807) is 10.6 Å². The summed E-state index contributed by atoms with van der Waals surface area (Å²) < 4.78 is 6.76. The highest BCUT2D eigenvalue weighted by molar-refractivity contribution is 5.16. The van der Waals surface area contributed by atoms with Gasteiger partial charge in [0.25, 0.3) is 5.56 Å². The molecule has 1 aromatic rings. The molecule has 0 bridgehead atoms. The Morgan fingerprint density at radius 1 is 1.53 bits per heavy atom. The minimum Gasteiger partial charge on any atom is -0.491 e. The summed E-state index contributed by atoms with van der Waals surface area (Å²) >= 11 is 0. The van der Waals surface area contributed by atoms with Crippen LogP contribution in [0.3, 0.4) is 0 Å². The van der Waals surface area contributed by atoms with Gasteiger partial charge in [-0.15, -0.1) is 0 Å². The van der Waals surface area contributed by atoms with Crippen molar-refractivity contribution in [2.75, 3.05) is 13.7 Å². The summed E-state index contributed by atoms with van der Waals surface area (Å²) in [6.45, 7) is 1.87. The van der Waals surface area contributed by atoms with Crippen LogP contribution >= 0.6 is 0 Å². The summed E-state index contributed by atoms with van der Waals surface area (Å²) in [6.07, 6.45) is 6.62. The zero-order valence-corrected chi connectivity index (χ0v) is 10.3. The van der Waals surface area contributed by atoms with E-state index in [1.807, 2.05) is 12.3 Å². The van der Waals surface area contributed by atoms with Crippen molar-refractivity contribution < 1.29 is 4.74 Å². The van der Waals surface area contributed by atoms with E-state index in [0.29, 0.717) is 11.8 Å². The molecule has 1 fully saturated rings. The second-order valence-electron chi connectivity index (χ2n) is 4.51. The molecule has 1 aliphatic rings. The van der Waals surface area contributed by atoms with Crippen molar-refractivity contribution >= 4 is 0 Å². The zero-order valence-electron chi connectivity index (χ0n) is 10.3. The molecule has 0 saturated carbocycles. The molecule has 0 spiro atoms. The summed E-state index contributed by atoms with van der Waals surface area (Å²) in [4.78, 5) is 11.9. The van der Waals surface area contributed by atoms with Gasteiger partial charge in [-0.05, 0) is 37.9 Å². The summed E-state index contributed by atoms with van der Waals surface area (Å²) in [5, 5.41) is 3.49. The molecule has 1 N–H and O–H groups in total. The van der Waals surface area contributed by atoms with E-state index in [1.165, 1.54) is 26.4 Å². The zero-order chi connectivity index (χ0) is 12.1. The molecule has 0 aliphatic carbocycles. The average molecular weight is 236 g/mol. The van der Waals surface area contributed by atoms with Gasteiger partial charge >= 0.3 is 0 Å². The summed E-state index contributed by atoms with van der Waals surface area (Å²) in [6, 6.07) is 4.12. The molecule has 4 heteroatoms. The lowest BCUT2D eigenvalue weighted by Crippen LogP contribution is -2.35. The van der Waals surface area contributed by atoms with E-state index in [4.69, 9.17) is 4.74 Å². The smallest absolute Gasteiger partial charge is 0.292 e. The number of ether oxygens (including phenoxy) is 1. The van der Waals surface area contributed by atoms with Crippen LogP contribution in [0, 0.1) is 0 Å². The van der Waals surface area contributed by atoms with Gasteiger partial charge in [-0.1, -0.05) is 6.42 Å². The highest BCUT2D eigenvalue weighted by atomic mass is 16.5. The fourth-order valence-electron chi connectivity index (χ4n) is 2.31. The molecular formula is C13H20N2O2. The van der Waals surface area contributed by atoms with Gasteiger partial charge in [0.15, 0.2) is 5.75 Å². The number of aryl methyl sites for hydroxylation is 1. The molecule has 1 aromatic heterocycles. The molecule has 4 nitrogen and oxygen atoms in total. The predicted octanol–water partition coefficient (Wildman–Crippen LogP) is 1.39. The van der Waals surface area contributed by atoms with Crippen LogP contribution in [-0.2, 0) is 6.54 Å². The first-order valence-corrected chi connectivity index (χ1v) is 6.28. The number of aromatic nitrogens is 1. The van der Waals surface area contributed by atoms with Gasteiger partial charge < -0.3 is 14.6 Å². The number of hydrogen-bond acceptors (Lipinski definition) is 3. The summed E-state index contributed by atoms with van der Waals surface area (Å²) in [5.41, 5.74) is -0.0363. The number of rotatable bonds is 4. The van der Waals surface area contributed by atoms with Crippen LogP contribution in [0.15, 0.2) is 23.1 Å². The van der Waals surface area contributed by atoms with Crippen LogP contribution in [0.25, 0.3) is 0 Å². The molecule has 94 valence electrons. The van der Waals surface area contributed by atoms with Crippen LogP contribution in [-0.4, -0.2) is 24.3 Å². The maximum Gasteiger partial charge on any atom is 0.292 e. The average Bonchev–Trinajstić information content (AvgIpc) is 2.39. The molecule has 1 saturated heterocycles. The maximum atomic E-state index is 11.9. The highest BCUT2D eigenvalue weighted by Crippen LogP contribution is 2.11. The molecule has 1 atom stereocenters. The fourth-order valence-corrected chi connectivity index (χ4v) is 2.31. The van der Waals surface area contributed by atoms with Crippen molar-refractivity contribution in [3.63, 3.8) is 0 Å². The normalized spacial score (nSPS) is 20.2. The number of methoxy groups -OCH3 is 1. The van der Waals surface area contributed by atoms with Crippen molar-refractivity contribution in [1.29, 1.82) is 0 Å². The quantitative estimate of drug-likeness (QED) is 0.859. The monoisotopic (exact) mass is 236 g/mol. The van der Waals surface area contributed by atoms with E-state index in [-0.39, 0.29) is 5.56 Å². The number of pyridine rings is 1. The minimum atomic E-state index is -0.0363. The van der Waals surface area contributed by atoms with E-state index in [9.17, 15) is 4.79 Å². The van der Waals surface area contributed by atoms with Gasteiger partial charge in [0.05, 0.1) is 7.11 Å². The van der Waals surface area contributed by atoms with Crippen LogP contribution in [0.1, 0.15) is 25.7 Å². The molecule has 1 unspecified atom stereocenters. The van der Waals surface area contributed by atoms with Crippen molar-refractivity contribution in [2.45, 2.75) is 38.3 Å². The molecule has 0 amide bonds. The fraction of sp³-hybridized carbons (Fsp3) is 0.615. The lowest BCUT2D eigenvalue weighted by Gasteiger charge is -2.23. The third-order valence-electron chi connectivity index (χ3n) is 3.34. The number of piperidine rings is 1. The van der Waals surface area contributed by atoms with Crippen LogP contribution in [0.2, 0.25) is 0 Å². The molecule has 2 heterocycles. The Hall–Kier alpha value is -1.29. The first-order valence-electron chi connectivity index (χ1n) is 6.28. The molecular weight excluding hydrogens is 216 g/mol. The Morgan fingerprint density at radius 2 is 2.41 bits per heavy atom. The molecule has 2 rings (SSSR count). The molecule has 17 heavy (non-hydrogen) atoms. The van der Waals surface area contributed by atoms with Crippen molar-refractivity contribution in [3.05, 3.63) is 28.7 Å². The highest BCUT2D eigenvalue weighted by Gasteiger charge is 2.12. The Balaban J connectivity index is 1.96. The first kappa shape index (κ1) is 12.2. The molecule has 1 aliphatic heterocycles. The van der Waals surface area contributed by atoms with Gasteiger partial charge in [-0.3, -0.25) is 4.79 Å². The Kier molecular flexibility index (Phi) is 4.20. The lowest BCUT2D eigenvalue weighted by atomic mass is 10.0. The van der Waals surface area contributed by atoms with Crippen LogP contribution in [0.4, 0.5) is 0 Å². The van der Waals surface area contributed by atoms with Crippen LogP contribution in [0.5, 0.6) is 5.75 Å². The standard InChI is InChI=1S/C13H20N2O2/c1-17-12-6-4-9-15(13(12)16)10-7-11-5-2-3-8-14-11/h4,6,9,11,14H,2-3,5,7-8,10H2,1H3. The molecule has 0 aromatic carbocycles. The van der Waals surface area contributed by atoms with Crippen molar-refractivity contribution in [3.8, 4) is 5.75 Å². The van der Waals surface area contributed by atoms with E-state index < -0.39 is 0 Å². The topological polar surface area (TPSA) is 43.3 Å². The molecule has 0 radical (unpaired) electrons. The van der Waals surface area contributed by atoms with Crippen molar-refractivity contribution in [1.82, 2.24) is 9.88 Å². The summed E-state index contributed by atoms with van der Waals surface area (Å²) in [7, 11) is 1.53. The van der Waals surface area contributed by atoms with Gasteiger partial charge in [0, 0.05) is 18.8 Å². The minimum absolute atomic E-state index is 0.0363. The lowest BCUT2D eigenvalue weighted by molar-refractivity contribution is 0.360. The Morgan fingerprint density at radius 3 is 3.12 bits per heavy atom. The number of nitrogens with one attached hydrogen (secondary N) is 1. The third kappa shape index (κ3) is 3.09. The van der Waals surface area contributed by atoms with Crippen molar-refractivity contribution in [2.24, 2.45) is 0 Å². The van der Waals surface area contributed by atoms with Gasteiger partial charge in [-0.2, -0.15) is 0 Å². The van der Waals surface area contributed by atoms with E-state index >= 15 is 0 Å².